The summed E-state index contributed by atoms with van der Waals surface area (Å²) in [7, 11) is 4.92. The number of ether oxygens (including phenoxy) is 3. The van der Waals surface area contributed by atoms with Crippen molar-refractivity contribution in [2.24, 2.45) is 5.73 Å². The van der Waals surface area contributed by atoms with Crippen LogP contribution in [-0.4, -0.2) is 41.0 Å². The minimum Gasteiger partial charge on any atom is -0.493 e. The molecule has 5 heteroatoms. The van der Waals surface area contributed by atoms with Gasteiger partial charge in [-0.25, -0.2) is 0 Å². The van der Waals surface area contributed by atoms with E-state index in [9.17, 15) is 0 Å². The van der Waals surface area contributed by atoms with E-state index in [1.54, 1.807) is 21.3 Å². The van der Waals surface area contributed by atoms with Crippen molar-refractivity contribution in [3.63, 3.8) is 0 Å². The van der Waals surface area contributed by atoms with Crippen LogP contribution >= 0.6 is 0 Å². The fourth-order valence-corrected chi connectivity index (χ4v) is 1.74. The molecule has 0 aliphatic rings. The number of rotatable bonds is 8. The number of benzene rings is 1. The zero-order valence-electron chi connectivity index (χ0n) is 11.2. The van der Waals surface area contributed by atoms with Gasteiger partial charge in [-0.1, -0.05) is 6.07 Å². The number of methoxy groups -OCH3 is 3. The predicted octanol–water partition coefficient (Wildman–Crippen LogP) is 0.940. The van der Waals surface area contributed by atoms with Crippen molar-refractivity contribution in [1.82, 2.24) is 5.32 Å². The van der Waals surface area contributed by atoms with E-state index in [4.69, 9.17) is 19.9 Å². The molecule has 3 N–H and O–H groups in total. The fraction of sp³-hybridized carbons (Fsp3) is 0.538. The van der Waals surface area contributed by atoms with E-state index in [1.807, 2.05) is 18.2 Å². The van der Waals surface area contributed by atoms with Crippen molar-refractivity contribution in [3.8, 4) is 11.5 Å². The molecule has 0 saturated heterocycles. The minimum atomic E-state index is 0.0833. The lowest BCUT2D eigenvalue weighted by molar-refractivity contribution is 0.196. The standard InChI is InChI=1S/C13H22N2O3/c1-16-7-6-15-11(9-14)10-4-5-12(17-2)13(8-10)18-3/h4-5,8,11,15H,6-7,9,14H2,1-3H3. The predicted molar refractivity (Wildman–Crippen MR) is 71.2 cm³/mol. The highest BCUT2D eigenvalue weighted by atomic mass is 16.5. The molecule has 0 amide bonds. The van der Waals surface area contributed by atoms with Crippen molar-refractivity contribution < 1.29 is 14.2 Å². The van der Waals surface area contributed by atoms with Crippen LogP contribution in [0.5, 0.6) is 11.5 Å². The van der Waals surface area contributed by atoms with Gasteiger partial charge in [0, 0.05) is 26.2 Å². The average Bonchev–Trinajstić information content (AvgIpc) is 2.43. The number of hydrogen-bond acceptors (Lipinski definition) is 5. The first-order valence-corrected chi connectivity index (χ1v) is 5.91. The van der Waals surface area contributed by atoms with Crippen LogP contribution in [0.3, 0.4) is 0 Å². The molecule has 0 aliphatic heterocycles. The first-order valence-electron chi connectivity index (χ1n) is 5.91. The summed E-state index contributed by atoms with van der Waals surface area (Å²) < 4.78 is 15.5. The molecule has 0 heterocycles. The van der Waals surface area contributed by atoms with Gasteiger partial charge in [-0.3, -0.25) is 0 Å². The van der Waals surface area contributed by atoms with E-state index in [-0.39, 0.29) is 6.04 Å². The second-order valence-electron chi connectivity index (χ2n) is 3.85. The Bertz CT molecular complexity index is 358. The average molecular weight is 254 g/mol. The van der Waals surface area contributed by atoms with E-state index in [0.29, 0.717) is 24.7 Å². The minimum absolute atomic E-state index is 0.0833. The smallest absolute Gasteiger partial charge is 0.161 e. The zero-order valence-corrected chi connectivity index (χ0v) is 11.2. The number of nitrogens with two attached hydrogens (primary N) is 1. The lowest BCUT2D eigenvalue weighted by Crippen LogP contribution is -2.30. The van der Waals surface area contributed by atoms with Crippen LogP contribution in [0.15, 0.2) is 18.2 Å². The number of nitrogens with one attached hydrogen (secondary N) is 1. The second-order valence-corrected chi connectivity index (χ2v) is 3.85. The molecular weight excluding hydrogens is 232 g/mol. The molecular formula is C13H22N2O3. The molecule has 18 heavy (non-hydrogen) atoms. The van der Waals surface area contributed by atoms with Crippen molar-refractivity contribution in [1.29, 1.82) is 0 Å². The third-order valence-electron chi connectivity index (χ3n) is 2.74. The molecule has 1 unspecified atom stereocenters. The summed E-state index contributed by atoms with van der Waals surface area (Å²) in [6.07, 6.45) is 0. The summed E-state index contributed by atoms with van der Waals surface area (Å²) >= 11 is 0. The Hall–Kier alpha value is -1.30. The SMILES string of the molecule is COCCNC(CN)c1ccc(OC)c(OC)c1. The monoisotopic (exact) mass is 254 g/mol. The van der Waals surface area contributed by atoms with Gasteiger partial charge >= 0.3 is 0 Å². The molecule has 0 saturated carbocycles. The van der Waals surface area contributed by atoms with Crippen molar-refractivity contribution >= 4 is 0 Å². The third-order valence-corrected chi connectivity index (χ3v) is 2.74. The highest BCUT2D eigenvalue weighted by Crippen LogP contribution is 2.29. The lowest BCUT2D eigenvalue weighted by atomic mass is 10.1. The summed E-state index contributed by atoms with van der Waals surface area (Å²) in [5.74, 6) is 1.43. The van der Waals surface area contributed by atoms with Gasteiger partial charge in [0.2, 0.25) is 0 Å². The molecule has 0 aliphatic carbocycles. The van der Waals surface area contributed by atoms with Crippen LogP contribution in [-0.2, 0) is 4.74 Å². The molecule has 1 aromatic carbocycles. The van der Waals surface area contributed by atoms with Crippen LogP contribution in [0.4, 0.5) is 0 Å². The maximum Gasteiger partial charge on any atom is 0.161 e. The molecule has 102 valence electrons. The highest BCUT2D eigenvalue weighted by Gasteiger charge is 2.12. The number of hydrogen-bond donors (Lipinski definition) is 2. The van der Waals surface area contributed by atoms with E-state index in [2.05, 4.69) is 5.32 Å². The van der Waals surface area contributed by atoms with Gasteiger partial charge in [0.1, 0.15) is 0 Å². The van der Waals surface area contributed by atoms with Gasteiger partial charge in [0.15, 0.2) is 11.5 Å². The van der Waals surface area contributed by atoms with Gasteiger partial charge in [-0.15, -0.1) is 0 Å². The highest BCUT2D eigenvalue weighted by molar-refractivity contribution is 5.43. The Morgan fingerprint density at radius 3 is 2.44 bits per heavy atom. The molecule has 1 aromatic rings. The van der Waals surface area contributed by atoms with Crippen molar-refractivity contribution in [3.05, 3.63) is 23.8 Å². The van der Waals surface area contributed by atoms with Gasteiger partial charge in [-0.2, -0.15) is 0 Å². The summed E-state index contributed by atoms with van der Waals surface area (Å²) in [4.78, 5) is 0. The van der Waals surface area contributed by atoms with Crippen LogP contribution in [0.1, 0.15) is 11.6 Å². The fourth-order valence-electron chi connectivity index (χ4n) is 1.74. The van der Waals surface area contributed by atoms with E-state index < -0.39 is 0 Å². The van der Waals surface area contributed by atoms with Gasteiger partial charge in [0.05, 0.1) is 20.8 Å². The Kier molecular flexibility index (Phi) is 6.49. The van der Waals surface area contributed by atoms with Gasteiger partial charge in [0.25, 0.3) is 0 Å². The van der Waals surface area contributed by atoms with Crippen LogP contribution in [0, 0.1) is 0 Å². The molecule has 5 nitrogen and oxygen atoms in total. The van der Waals surface area contributed by atoms with Crippen LogP contribution in [0.25, 0.3) is 0 Å². The zero-order chi connectivity index (χ0) is 13.4. The second kappa shape index (κ2) is 7.92. The molecule has 0 spiro atoms. The first kappa shape index (κ1) is 14.8. The van der Waals surface area contributed by atoms with Crippen molar-refractivity contribution in [2.45, 2.75) is 6.04 Å². The Labute approximate surface area is 108 Å². The maximum atomic E-state index is 5.77. The van der Waals surface area contributed by atoms with E-state index in [0.717, 1.165) is 12.1 Å². The Balaban J connectivity index is 2.79. The Morgan fingerprint density at radius 1 is 1.17 bits per heavy atom. The Morgan fingerprint density at radius 2 is 1.89 bits per heavy atom. The molecule has 0 aromatic heterocycles. The molecule has 1 atom stereocenters. The van der Waals surface area contributed by atoms with Crippen LogP contribution < -0.4 is 20.5 Å². The topological polar surface area (TPSA) is 65.7 Å². The maximum absolute atomic E-state index is 5.77. The largest absolute Gasteiger partial charge is 0.493 e. The molecule has 1 rings (SSSR count). The third kappa shape index (κ3) is 3.87. The van der Waals surface area contributed by atoms with Gasteiger partial charge < -0.3 is 25.3 Å². The quantitative estimate of drug-likeness (QED) is 0.676. The molecule has 0 fully saturated rings. The first-order chi connectivity index (χ1) is 8.76. The lowest BCUT2D eigenvalue weighted by Gasteiger charge is -2.18. The van der Waals surface area contributed by atoms with E-state index >= 15 is 0 Å². The van der Waals surface area contributed by atoms with Crippen molar-refractivity contribution in [2.75, 3.05) is 41.0 Å². The van der Waals surface area contributed by atoms with Crippen LogP contribution in [0.2, 0.25) is 0 Å². The molecule has 0 radical (unpaired) electrons. The summed E-state index contributed by atoms with van der Waals surface area (Å²) in [5, 5.41) is 3.33. The summed E-state index contributed by atoms with van der Waals surface area (Å²) in [6.45, 7) is 1.93. The molecule has 0 bridgehead atoms. The normalized spacial score (nSPS) is 12.2. The van der Waals surface area contributed by atoms with E-state index in [1.165, 1.54) is 0 Å². The van der Waals surface area contributed by atoms with Gasteiger partial charge in [-0.05, 0) is 17.7 Å². The summed E-state index contributed by atoms with van der Waals surface area (Å²) in [5.41, 5.74) is 6.85. The summed E-state index contributed by atoms with van der Waals surface area (Å²) in [6, 6.07) is 5.89.